The van der Waals surface area contributed by atoms with Gasteiger partial charge in [0.2, 0.25) is 0 Å². The third-order valence-electron chi connectivity index (χ3n) is 5.80. The Balaban J connectivity index is -0.000000646. The molecule has 0 aliphatic heterocycles. The van der Waals surface area contributed by atoms with E-state index in [1.165, 1.54) is 51.4 Å². The summed E-state index contributed by atoms with van der Waals surface area (Å²) in [7, 11) is 0. The van der Waals surface area contributed by atoms with Crippen LogP contribution in [0.3, 0.4) is 0 Å². The molecule has 0 rings (SSSR count). The van der Waals surface area contributed by atoms with Gasteiger partial charge in [-0.15, -0.1) is 0 Å². The minimum absolute atomic E-state index is 0.125. The van der Waals surface area contributed by atoms with Crippen LogP contribution >= 0.6 is 0 Å². The first-order chi connectivity index (χ1) is 16.4. The summed E-state index contributed by atoms with van der Waals surface area (Å²) < 4.78 is 8.84. The molecule has 208 valence electrons. The molecular formula is C28H56O6Sn. The fourth-order valence-corrected chi connectivity index (χ4v) is 7.10. The van der Waals surface area contributed by atoms with E-state index in [4.69, 9.17) is 20.1 Å². The van der Waals surface area contributed by atoms with E-state index in [-0.39, 0.29) is 39.8 Å². The van der Waals surface area contributed by atoms with E-state index in [1.54, 1.807) is 8.87 Å². The second kappa shape index (κ2) is 26.5. The number of carboxylic acids is 1. The van der Waals surface area contributed by atoms with Crippen molar-refractivity contribution in [1.29, 1.82) is 0 Å². The quantitative estimate of drug-likeness (QED) is 0.0726. The molecule has 3 N–H and O–H groups in total. The molecule has 0 fully saturated rings. The first-order valence-electron chi connectivity index (χ1n) is 13.5. The predicted octanol–water partition coefficient (Wildman–Crippen LogP) is 6.82. The van der Waals surface area contributed by atoms with Crippen molar-refractivity contribution >= 4 is 33.1 Å². The number of aliphatic hydroxyl groups excluding tert-OH is 2. The van der Waals surface area contributed by atoms with E-state index in [0.29, 0.717) is 0 Å². The molecule has 1 atom stereocenters. The van der Waals surface area contributed by atoms with Gasteiger partial charge in [-0.3, -0.25) is 0 Å². The fraction of sp³-hybridized carbons (Fsp3) is 0.857. The first kappa shape index (κ1) is 38.9. The van der Waals surface area contributed by atoms with Gasteiger partial charge >= 0.3 is 81.5 Å². The molecule has 35 heavy (non-hydrogen) atoms. The number of aliphatic hydroxyl groups is 2. The number of carboxylic acid groups (broad SMARTS) is 1. The zero-order valence-corrected chi connectivity index (χ0v) is 26.7. The number of hydrogen-bond donors (Lipinski definition) is 3. The Bertz CT molecular complexity index is 508. The van der Waals surface area contributed by atoms with Crippen molar-refractivity contribution in [3.05, 3.63) is 12.2 Å². The zero-order valence-electron chi connectivity index (χ0n) is 23.8. The van der Waals surface area contributed by atoms with Crippen LogP contribution in [0.2, 0.25) is 8.87 Å². The van der Waals surface area contributed by atoms with Crippen LogP contribution in [0.1, 0.15) is 119 Å². The number of ether oxygens (including phenoxy) is 1. The standard InChI is InChI=1S/C18H32O4.2C4H9.C2H6O2.Sn/c1-6-7-8-9-10-11-14-18(5,17(2,3)4)22-16(21)13-12-15(19)20;2*1-3-4-2;3-1-2-4;/h12-13H,6-11,14H2,1-5H3,(H,19,20);2*1,3-4H2,2H3;3-4H,1-2H2;/b13-12-;;;;. The Hall–Kier alpha value is -0.601. The minimum Gasteiger partial charge on any atom is -0.394 e. The van der Waals surface area contributed by atoms with Crippen LogP contribution in [0, 0.1) is 5.41 Å². The van der Waals surface area contributed by atoms with Gasteiger partial charge in [0.05, 0.1) is 13.2 Å². The minimum atomic E-state index is -1.15. The predicted molar refractivity (Wildman–Crippen MR) is 148 cm³/mol. The molecule has 0 heterocycles. The number of esters is 1. The van der Waals surface area contributed by atoms with Gasteiger partial charge in [0, 0.05) is 17.6 Å². The number of carbonyl (C=O) groups excluding carboxylic acids is 1. The van der Waals surface area contributed by atoms with Crippen molar-refractivity contribution in [2.24, 2.45) is 5.41 Å². The van der Waals surface area contributed by atoms with Gasteiger partial charge < -0.3 is 20.1 Å². The van der Waals surface area contributed by atoms with E-state index < -0.39 is 17.5 Å². The molecule has 7 heteroatoms. The molecule has 2 radical (unpaired) electrons. The summed E-state index contributed by atoms with van der Waals surface area (Å²) in [5.41, 5.74) is -0.805. The molecule has 0 saturated carbocycles. The van der Waals surface area contributed by atoms with Gasteiger partial charge in [0.1, 0.15) is 5.60 Å². The topological polar surface area (TPSA) is 104 Å². The van der Waals surface area contributed by atoms with Crippen LogP contribution in [0.15, 0.2) is 12.2 Å². The van der Waals surface area contributed by atoms with Crippen LogP contribution in [-0.2, 0) is 14.3 Å². The van der Waals surface area contributed by atoms with Crippen LogP contribution in [0.5, 0.6) is 0 Å². The van der Waals surface area contributed by atoms with Crippen LogP contribution in [0.25, 0.3) is 0 Å². The van der Waals surface area contributed by atoms with Crippen LogP contribution in [0.4, 0.5) is 0 Å². The van der Waals surface area contributed by atoms with Gasteiger partial charge in [-0.2, -0.15) is 0 Å². The van der Waals surface area contributed by atoms with E-state index >= 15 is 0 Å². The number of rotatable bonds is 17. The zero-order chi connectivity index (χ0) is 27.6. The van der Waals surface area contributed by atoms with Crippen molar-refractivity contribution in [3.63, 3.8) is 0 Å². The van der Waals surface area contributed by atoms with Crippen molar-refractivity contribution in [2.75, 3.05) is 13.2 Å². The van der Waals surface area contributed by atoms with Gasteiger partial charge in [-0.1, -0.05) is 59.8 Å². The molecule has 0 amide bonds. The van der Waals surface area contributed by atoms with E-state index in [0.717, 1.165) is 31.4 Å². The van der Waals surface area contributed by atoms with Crippen molar-refractivity contribution in [2.45, 2.75) is 134 Å². The van der Waals surface area contributed by atoms with E-state index in [1.807, 2.05) is 27.7 Å². The maximum Gasteiger partial charge on any atom is 0.0662 e. The first-order valence-corrected chi connectivity index (χ1v) is 17.6. The van der Waals surface area contributed by atoms with E-state index in [2.05, 4.69) is 20.8 Å². The van der Waals surface area contributed by atoms with Gasteiger partial charge in [-0.05, 0) is 19.8 Å². The summed E-state index contributed by atoms with van der Waals surface area (Å²) in [5, 5.41) is 23.8. The molecule has 6 nitrogen and oxygen atoms in total. The normalized spacial score (nSPS) is 12.7. The number of hydrogen-bond acceptors (Lipinski definition) is 5. The fourth-order valence-electron chi connectivity index (χ4n) is 2.95. The number of aliphatic carboxylic acids is 1. The maximum absolute atomic E-state index is 11.8. The molecule has 0 aromatic rings. The third-order valence-corrected chi connectivity index (χ3v) is 9.83. The smallest absolute Gasteiger partial charge is 0.0662 e. The Morgan fingerprint density at radius 1 is 0.743 bits per heavy atom. The Morgan fingerprint density at radius 3 is 1.60 bits per heavy atom. The second-order valence-corrected chi connectivity index (χ2v) is 14.3. The summed E-state index contributed by atoms with van der Waals surface area (Å²) >= 11 is 0.149. The molecule has 0 aromatic heterocycles. The summed E-state index contributed by atoms with van der Waals surface area (Å²) in [4.78, 5) is 22.3. The SMILES string of the molecule is CCCCCCCCC(C)(OC(=O)/C=C\C(=O)O)C(C)(C)C.CCC[CH2][Sn][CH2]CCC.OCCO. The largest absolute Gasteiger partial charge is 0.394 e. The molecule has 0 aromatic carbocycles. The Kier molecular flexibility index (Phi) is 29.4. The Morgan fingerprint density at radius 2 is 1.20 bits per heavy atom. The average molecular weight is 607 g/mol. The Labute approximate surface area is 226 Å². The van der Waals surface area contributed by atoms with Crippen LogP contribution < -0.4 is 0 Å². The molecule has 1 unspecified atom stereocenters. The van der Waals surface area contributed by atoms with Crippen molar-refractivity contribution < 1.29 is 29.6 Å². The molecular weight excluding hydrogens is 551 g/mol. The average Bonchev–Trinajstić information content (AvgIpc) is 2.80. The molecule has 0 aliphatic carbocycles. The number of carbonyl (C=O) groups is 2. The van der Waals surface area contributed by atoms with E-state index in [9.17, 15) is 9.59 Å². The third kappa shape index (κ3) is 27.8. The van der Waals surface area contributed by atoms with Gasteiger partial charge in [-0.25, -0.2) is 9.59 Å². The van der Waals surface area contributed by atoms with Gasteiger partial charge in [0.15, 0.2) is 0 Å². The summed E-state index contributed by atoms with van der Waals surface area (Å²) in [6.45, 7) is 14.6. The molecule has 0 aliphatic rings. The molecule has 0 spiro atoms. The number of unbranched alkanes of at least 4 members (excludes halogenated alkanes) is 7. The van der Waals surface area contributed by atoms with Crippen LogP contribution in [-0.4, -0.2) is 67.2 Å². The second-order valence-electron chi connectivity index (χ2n) is 10.00. The van der Waals surface area contributed by atoms with Crippen molar-refractivity contribution in [3.8, 4) is 0 Å². The molecule has 0 saturated heterocycles. The monoisotopic (exact) mass is 608 g/mol. The van der Waals surface area contributed by atoms with Gasteiger partial charge in [0.25, 0.3) is 0 Å². The summed E-state index contributed by atoms with van der Waals surface area (Å²) in [6, 6.07) is 0. The maximum atomic E-state index is 11.8. The molecule has 0 bridgehead atoms. The summed E-state index contributed by atoms with van der Waals surface area (Å²) in [5.74, 6) is -1.74. The summed E-state index contributed by atoms with van der Waals surface area (Å²) in [6.07, 6.45) is 15.5. The van der Waals surface area contributed by atoms with Crippen molar-refractivity contribution in [1.82, 2.24) is 0 Å².